The first-order valence-corrected chi connectivity index (χ1v) is 5.55. The Morgan fingerprint density at radius 2 is 1.93 bits per heavy atom. The first-order chi connectivity index (χ1) is 6.63. The van der Waals surface area contributed by atoms with E-state index in [2.05, 4.69) is 6.92 Å². The summed E-state index contributed by atoms with van der Waals surface area (Å²) in [6.07, 6.45) is 8.09. The summed E-state index contributed by atoms with van der Waals surface area (Å²) < 4.78 is 0. The molecule has 1 rings (SSSR count). The van der Waals surface area contributed by atoms with Gasteiger partial charge in [0.25, 0.3) is 0 Å². The van der Waals surface area contributed by atoms with Crippen LogP contribution in [0.5, 0.6) is 0 Å². The van der Waals surface area contributed by atoms with Crippen LogP contribution in [-0.4, -0.2) is 11.1 Å². The van der Waals surface area contributed by atoms with Crippen molar-refractivity contribution in [2.24, 2.45) is 11.8 Å². The van der Waals surface area contributed by atoms with E-state index in [1.54, 1.807) is 6.92 Å². The van der Waals surface area contributed by atoms with E-state index < -0.39 is 5.97 Å². The largest absolute Gasteiger partial charge is 0.478 e. The lowest BCUT2D eigenvalue weighted by Gasteiger charge is -2.25. The molecule has 0 aromatic carbocycles. The van der Waals surface area contributed by atoms with E-state index in [0.29, 0.717) is 11.5 Å². The Morgan fingerprint density at radius 1 is 1.36 bits per heavy atom. The van der Waals surface area contributed by atoms with Crippen LogP contribution in [0.4, 0.5) is 0 Å². The monoisotopic (exact) mass is 196 g/mol. The fourth-order valence-electron chi connectivity index (χ4n) is 2.19. The molecule has 1 N–H and O–H groups in total. The maximum absolute atomic E-state index is 10.6. The van der Waals surface area contributed by atoms with E-state index in [4.69, 9.17) is 5.11 Å². The summed E-state index contributed by atoms with van der Waals surface area (Å²) in [7, 11) is 0. The van der Waals surface area contributed by atoms with Crippen LogP contribution < -0.4 is 0 Å². The number of carboxylic acids is 1. The standard InChI is InChI=1S/C12H20O2/c1-3-10-4-6-11(7-5-10)8-9(2)12(13)14/h8,10-11H,3-7H2,1-2H3,(H,13,14). The lowest BCUT2D eigenvalue weighted by atomic mass is 9.80. The lowest BCUT2D eigenvalue weighted by Crippen LogP contribution is -2.13. The molecule has 1 saturated carbocycles. The van der Waals surface area contributed by atoms with Crippen molar-refractivity contribution in [3.63, 3.8) is 0 Å². The van der Waals surface area contributed by atoms with Crippen molar-refractivity contribution in [2.45, 2.75) is 46.0 Å². The van der Waals surface area contributed by atoms with Crippen LogP contribution in [0.2, 0.25) is 0 Å². The van der Waals surface area contributed by atoms with Crippen LogP contribution in [0.1, 0.15) is 46.0 Å². The Hall–Kier alpha value is -0.790. The Bertz CT molecular complexity index is 222. The molecule has 0 aliphatic heterocycles. The second-order valence-electron chi connectivity index (χ2n) is 4.34. The number of carboxylic acid groups (broad SMARTS) is 1. The van der Waals surface area contributed by atoms with Gasteiger partial charge in [-0.25, -0.2) is 4.79 Å². The maximum atomic E-state index is 10.6. The highest BCUT2D eigenvalue weighted by Crippen LogP contribution is 2.31. The summed E-state index contributed by atoms with van der Waals surface area (Å²) in [6.45, 7) is 3.93. The highest BCUT2D eigenvalue weighted by Gasteiger charge is 2.18. The second kappa shape index (κ2) is 5.18. The minimum Gasteiger partial charge on any atom is -0.478 e. The third-order valence-corrected chi connectivity index (χ3v) is 3.29. The molecule has 0 spiro atoms. The Kier molecular flexibility index (Phi) is 4.18. The SMILES string of the molecule is CCC1CCC(C=C(C)C(=O)O)CC1. The van der Waals surface area contributed by atoms with Gasteiger partial charge in [-0.3, -0.25) is 0 Å². The quantitative estimate of drug-likeness (QED) is 0.703. The van der Waals surface area contributed by atoms with Crippen molar-refractivity contribution in [2.75, 3.05) is 0 Å². The smallest absolute Gasteiger partial charge is 0.330 e. The number of hydrogen-bond donors (Lipinski definition) is 1. The van der Waals surface area contributed by atoms with Crippen molar-refractivity contribution in [1.82, 2.24) is 0 Å². The highest BCUT2D eigenvalue weighted by atomic mass is 16.4. The van der Waals surface area contributed by atoms with Gasteiger partial charge in [0.2, 0.25) is 0 Å². The predicted molar refractivity (Wildman–Crippen MR) is 57.1 cm³/mol. The van der Waals surface area contributed by atoms with Crippen LogP contribution in [0.3, 0.4) is 0 Å². The van der Waals surface area contributed by atoms with E-state index in [1.807, 2.05) is 6.08 Å². The average molecular weight is 196 g/mol. The van der Waals surface area contributed by atoms with Crippen molar-refractivity contribution in [3.05, 3.63) is 11.6 Å². The van der Waals surface area contributed by atoms with E-state index in [0.717, 1.165) is 5.92 Å². The summed E-state index contributed by atoms with van der Waals surface area (Å²) >= 11 is 0. The molecule has 0 saturated heterocycles. The third-order valence-electron chi connectivity index (χ3n) is 3.29. The normalized spacial score (nSPS) is 28.9. The fraction of sp³-hybridized carbons (Fsp3) is 0.750. The molecule has 2 nitrogen and oxygen atoms in total. The highest BCUT2D eigenvalue weighted by molar-refractivity contribution is 5.85. The Balaban J connectivity index is 2.42. The van der Waals surface area contributed by atoms with Crippen LogP contribution in [0, 0.1) is 11.8 Å². The molecule has 0 amide bonds. The zero-order valence-corrected chi connectivity index (χ0v) is 9.12. The molecule has 0 aromatic heterocycles. The molecule has 0 bridgehead atoms. The van der Waals surface area contributed by atoms with Crippen molar-refractivity contribution >= 4 is 5.97 Å². The summed E-state index contributed by atoms with van der Waals surface area (Å²) in [5, 5.41) is 8.74. The summed E-state index contributed by atoms with van der Waals surface area (Å²) in [4.78, 5) is 10.6. The van der Waals surface area contributed by atoms with Gasteiger partial charge in [-0.2, -0.15) is 0 Å². The molecule has 2 heteroatoms. The molecule has 14 heavy (non-hydrogen) atoms. The number of hydrogen-bond acceptors (Lipinski definition) is 1. The zero-order valence-electron chi connectivity index (χ0n) is 9.12. The van der Waals surface area contributed by atoms with Crippen molar-refractivity contribution in [3.8, 4) is 0 Å². The van der Waals surface area contributed by atoms with Gasteiger partial charge in [-0.15, -0.1) is 0 Å². The minimum absolute atomic E-state index is 0.505. The molecular weight excluding hydrogens is 176 g/mol. The number of rotatable bonds is 3. The molecule has 0 aromatic rings. The first kappa shape index (κ1) is 11.3. The fourth-order valence-corrected chi connectivity index (χ4v) is 2.19. The van der Waals surface area contributed by atoms with Crippen molar-refractivity contribution in [1.29, 1.82) is 0 Å². The average Bonchev–Trinajstić information content (AvgIpc) is 2.19. The maximum Gasteiger partial charge on any atom is 0.330 e. The number of aliphatic carboxylic acids is 1. The van der Waals surface area contributed by atoms with Gasteiger partial charge in [0.05, 0.1) is 0 Å². The molecule has 0 radical (unpaired) electrons. The molecular formula is C12H20O2. The van der Waals surface area contributed by atoms with E-state index in [9.17, 15) is 4.79 Å². The number of carbonyl (C=O) groups is 1. The summed E-state index contributed by atoms with van der Waals surface area (Å²) in [6, 6.07) is 0. The van der Waals surface area contributed by atoms with Gasteiger partial charge in [0.15, 0.2) is 0 Å². The molecule has 0 unspecified atom stereocenters. The van der Waals surface area contributed by atoms with Gasteiger partial charge >= 0.3 is 5.97 Å². The Morgan fingerprint density at radius 3 is 2.36 bits per heavy atom. The molecule has 0 heterocycles. The Labute approximate surface area is 86.0 Å². The molecule has 1 aliphatic carbocycles. The second-order valence-corrected chi connectivity index (χ2v) is 4.34. The van der Waals surface area contributed by atoms with Gasteiger partial charge < -0.3 is 5.11 Å². The molecule has 0 atom stereocenters. The first-order valence-electron chi connectivity index (χ1n) is 5.55. The van der Waals surface area contributed by atoms with E-state index >= 15 is 0 Å². The van der Waals surface area contributed by atoms with E-state index in [-0.39, 0.29) is 0 Å². The third kappa shape index (κ3) is 3.17. The van der Waals surface area contributed by atoms with E-state index in [1.165, 1.54) is 32.1 Å². The topological polar surface area (TPSA) is 37.3 Å². The van der Waals surface area contributed by atoms with Crippen LogP contribution in [-0.2, 0) is 4.79 Å². The zero-order chi connectivity index (χ0) is 10.6. The van der Waals surface area contributed by atoms with Crippen LogP contribution >= 0.6 is 0 Å². The predicted octanol–water partition coefficient (Wildman–Crippen LogP) is 3.23. The van der Waals surface area contributed by atoms with Crippen molar-refractivity contribution < 1.29 is 9.90 Å². The van der Waals surface area contributed by atoms with Gasteiger partial charge in [-0.05, 0) is 44.4 Å². The van der Waals surface area contributed by atoms with Gasteiger partial charge in [0.1, 0.15) is 0 Å². The van der Waals surface area contributed by atoms with Crippen LogP contribution in [0.15, 0.2) is 11.6 Å². The molecule has 1 aliphatic rings. The summed E-state index contributed by atoms with van der Waals surface area (Å²) in [5.74, 6) is 0.612. The van der Waals surface area contributed by atoms with Crippen LogP contribution in [0.25, 0.3) is 0 Å². The summed E-state index contributed by atoms with van der Waals surface area (Å²) in [5.41, 5.74) is 0.505. The lowest BCUT2D eigenvalue weighted by molar-refractivity contribution is -0.132. The van der Waals surface area contributed by atoms with Gasteiger partial charge in [-0.1, -0.05) is 19.4 Å². The minimum atomic E-state index is -0.775. The van der Waals surface area contributed by atoms with Gasteiger partial charge in [0, 0.05) is 5.57 Å². The molecule has 80 valence electrons. The number of allylic oxidation sites excluding steroid dienone is 1. The molecule has 1 fully saturated rings.